The van der Waals surface area contributed by atoms with Crippen molar-refractivity contribution in [3.8, 4) is 0 Å². The zero-order valence-corrected chi connectivity index (χ0v) is 13.0. The van der Waals surface area contributed by atoms with E-state index in [4.69, 9.17) is 0 Å². The van der Waals surface area contributed by atoms with Crippen LogP contribution >= 0.6 is 11.3 Å². The minimum Gasteiger partial charge on any atom is -0.353 e. The molecule has 0 unspecified atom stereocenters. The van der Waals surface area contributed by atoms with Crippen molar-refractivity contribution >= 4 is 17.3 Å². The van der Waals surface area contributed by atoms with Gasteiger partial charge in [-0.25, -0.2) is 9.97 Å². The van der Waals surface area contributed by atoms with Gasteiger partial charge in [0.2, 0.25) is 5.95 Å². The lowest BCUT2D eigenvalue weighted by Crippen LogP contribution is -2.24. The minimum absolute atomic E-state index is 0.590. The molecule has 1 aliphatic carbocycles. The lowest BCUT2D eigenvalue weighted by Gasteiger charge is -2.23. The van der Waals surface area contributed by atoms with Gasteiger partial charge in [-0.1, -0.05) is 19.3 Å². The van der Waals surface area contributed by atoms with E-state index in [0.29, 0.717) is 6.04 Å². The predicted octanol–water partition coefficient (Wildman–Crippen LogP) is 3.75. The van der Waals surface area contributed by atoms with Gasteiger partial charge in [0.25, 0.3) is 0 Å². The molecule has 1 saturated carbocycles. The molecule has 5 heteroatoms. The highest BCUT2D eigenvalue weighted by Crippen LogP contribution is 2.22. The number of nitrogens with zero attached hydrogens (tertiary/aromatic N) is 3. The number of hydrogen-bond acceptors (Lipinski definition) is 4. The van der Waals surface area contributed by atoms with Crippen LogP contribution < -0.4 is 5.32 Å². The van der Waals surface area contributed by atoms with Crippen molar-refractivity contribution in [2.24, 2.45) is 0 Å². The lowest BCUT2D eigenvalue weighted by atomic mass is 9.96. The van der Waals surface area contributed by atoms with Crippen LogP contribution in [0.15, 0.2) is 12.4 Å². The molecule has 1 fully saturated rings. The molecule has 0 spiro atoms. The molecule has 3 rings (SSSR count). The molecule has 20 heavy (non-hydrogen) atoms. The van der Waals surface area contributed by atoms with Crippen molar-refractivity contribution in [1.29, 1.82) is 0 Å². The van der Waals surface area contributed by atoms with Crippen LogP contribution in [0.25, 0.3) is 0 Å². The molecule has 2 heterocycles. The smallest absolute Gasteiger partial charge is 0.203 e. The zero-order valence-electron chi connectivity index (χ0n) is 12.2. The molecule has 0 bridgehead atoms. The first-order valence-electron chi connectivity index (χ1n) is 7.42. The first kappa shape index (κ1) is 13.6. The van der Waals surface area contributed by atoms with E-state index in [1.165, 1.54) is 37.0 Å². The largest absolute Gasteiger partial charge is 0.353 e. The molecule has 0 aliphatic heterocycles. The Morgan fingerprint density at radius 3 is 2.80 bits per heavy atom. The third kappa shape index (κ3) is 3.20. The number of imidazole rings is 1. The quantitative estimate of drug-likeness (QED) is 0.932. The number of thiazole rings is 1. The van der Waals surface area contributed by atoms with Crippen LogP contribution in [-0.2, 0) is 6.54 Å². The van der Waals surface area contributed by atoms with Gasteiger partial charge in [-0.3, -0.25) is 0 Å². The Bertz CT molecular complexity index is 566. The Hall–Kier alpha value is -1.36. The highest BCUT2D eigenvalue weighted by Gasteiger charge is 2.16. The molecule has 2 aromatic heterocycles. The monoisotopic (exact) mass is 290 g/mol. The number of nitrogens with one attached hydrogen (secondary N) is 1. The summed E-state index contributed by atoms with van der Waals surface area (Å²) in [4.78, 5) is 10.3. The van der Waals surface area contributed by atoms with Crippen LogP contribution in [0, 0.1) is 13.8 Å². The van der Waals surface area contributed by atoms with E-state index in [0.717, 1.165) is 23.2 Å². The summed E-state index contributed by atoms with van der Waals surface area (Å²) in [5, 5.41) is 4.76. The van der Waals surface area contributed by atoms with Gasteiger partial charge in [0, 0.05) is 23.3 Å². The fraction of sp³-hybridized carbons (Fsp3) is 0.600. The minimum atomic E-state index is 0.590. The van der Waals surface area contributed by atoms with Gasteiger partial charge in [-0.05, 0) is 26.7 Å². The third-order valence-corrected chi connectivity index (χ3v) is 4.73. The van der Waals surface area contributed by atoms with E-state index in [-0.39, 0.29) is 0 Å². The van der Waals surface area contributed by atoms with E-state index in [1.807, 2.05) is 6.20 Å². The topological polar surface area (TPSA) is 42.7 Å². The molecular formula is C15H22N4S. The number of aromatic nitrogens is 3. The van der Waals surface area contributed by atoms with Crippen molar-refractivity contribution in [2.75, 3.05) is 5.32 Å². The second-order valence-electron chi connectivity index (χ2n) is 5.66. The van der Waals surface area contributed by atoms with E-state index >= 15 is 0 Å². The first-order chi connectivity index (χ1) is 9.70. The predicted molar refractivity (Wildman–Crippen MR) is 83.4 cm³/mol. The van der Waals surface area contributed by atoms with Gasteiger partial charge < -0.3 is 9.88 Å². The summed E-state index contributed by atoms with van der Waals surface area (Å²) in [7, 11) is 0. The maximum atomic E-state index is 4.64. The molecule has 2 aromatic rings. The summed E-state index contributed by atoms with van der Waals surface area (Å²) in [6.07, 6.45) is 10.7. The van der Waals surface area contributed by atoms with Crippen molar-refractivity contribution in [3.63, 3.8) is 0 Å². The zero-order chi connectivity index (χ0) is 13.9. The van der Waals surface area contributed by atoms with E-state index in [2.05, 4.69) is 39.9 Å². The Labute approximate surface area is 124 Å². The van der Waals surface area contributed by atoms with Crippen molar-refractivity contribution in [2.45, 2.75) is 58.5 Å². The highest BCUT2D eigenvalue weighted by atomic mass is 32.1. The molecule has 1 aliphatic rings. The molecule has 1 N–H and O–H groups in total. The molecule has 0 radical (unpaired) electrons. The van der Waals surface area contributed by atoms with Gasteiger partial charge in [0.05, 0.1) is 17.2 Å². The average Bonchev–Trinajstić information content (AvgIpc) is 2.98. The van der Waals surface area contributed by atoms with Gasteiger partial charge >= 0.3 is 0 Å². The molecule has 0 amide bonds. The lowest BCUT2D eigenvalue weighted by molar-refractivity contribution is 0.459. The fourth-order valence-electron chi connectivity index (χ4n) is 2.86. The Balaban J connectivity index is 1.73. The third-order valence-electron chi connectivity index (χ3n) is 3.83. The van der Waals surface area contributed by atoms with Gasteiger partial charge in [0.15, 0.2) is 0 Å². The maximum Gasteiger partial charge on any atom is 0.203 e. The van der Waals surface area contributed by atoms with Crippen LogP contribution in [0.2, 0.25) is 0 Å². The fourth-order valence-corrected chi connectivity index (χ4v) is 3.65. The molecule has 4 nitrogen and oxygen atoms in total. The summed E-state index contributed by atoms with van der Waals surface area (Å²) >= 11 is 1.76. The van der Waals surface area contributed by atoms with Crippen molar-refractivity contribution in [1.82, 2.24) is 14.5 Å². The van der Waals surface area contributed by atoms with Crippen molar-refractivity contribution in [3.05, 3.63) is 28.0 Å². The van der Waals surface area contributed by atoms with Gasteiger partial charge in [-0.2, -0.15) is 0 Å². The normalized spacial score (nSPS) is 16.5. The molecule has 0 aromatic carbocycles. The summed E-state index contributed by atoms with van der Waals surface area (Å²) in [6.45, 7) is 4.97. The second-order valence-corrected chi connectivity index (χ2v) is 6.98. The van der Waals surface area contributed by atoms with E-state index in [9.17, 15) is 0 Å². The van der Waals surface area contributed by atoms with Crippen LogP contribution in [-0.4, -0.2) is 20.6 Å². The Morgan fingerprint density at radius 2 is 2.10 bits per heavy atom. The number of anilines is 1. The molecule has 0 saturated heterocycles. The standard InChI is InChI=1S/C15H22N4S/c1-11-9-19(10-14-8-16-12(2)20-14)15(17-11)18-13-6-4-3-5-7-13/h8-9,13H,3-7,10H2,1-2H3,(H,17,18). The summed E-state index contributed by atoms with van der Waals surface area (Å²) in [6, 6.07) is 0.590. The summed E-state index contributed by atoms with van der Waals surface area (Å²) < 4.78 is 2.22. The van der Waals surface area contributed by atoms with Crippen LogP contribution in [0.5, 0.6) is 0 Å². The molecular weight excluding hydrogens is 268 g/mol. The molecule has 108 valence electrons. The van der Waals surface area contributed by atoms with Gasteiger partial charge in [0.1, 0.15) is 0 Å². The number of aryl methyl sites for hydroxylation is 2. The first-order valence-corrected chi connectivity index (χ1v) is 8.24. The summed E-state index contributed by atoms with van der Waals surface area (Å²) in [5.74, 6) is 1.01. The van der Waals surface area contributed by atoms with E-state index < -0.39 is 0 Å². The van der Waals surface area contributed by atoms with Crippen LogP contribution in [0.1, 0.15) is 47.7 Å². The second kappa shape index (κ2) is 5.95. The number of rotatable bonds is 4. The Morgan fingerprint density at radius 1 is 1.30 bits per heavy atom. The SMILES string of the molecule is Cc1cn(Cc2cnc(C)s2)c(NC2CCCCC2)n1. The maximum absolute atomic E-state index is 4.64. The van der Waals surface area contributed by atoms with Crippen LogP contribution in [0.4, 0.5) is 5.95 Å². The molecule has 0 atom stereocenters. The van der Waals surface area contributed by atoms with Crippen molar-refractivity contribution < 1.29 is 0 Å². The van der Waals surface area contributed by atoms with E-state index in [1.54, 1.807) is 11.3 Å². The van der Waals surface area contributed by atoms with Crippen LogP contribution in [0.3, 0.4) is 0 Å². The number of hydrogen-bond donors (Lipinski definition) is 1. The Kier molecular flexibility index (Phi) is 4.05. The highest BCUT2D eigenvalue weighted by molar-refractivity contribution is 7.11. The summed E-state index contributed by atoms with van der Waals surface area (Å²) in [5.41, 5.74) is 1.07. The average molecular weight is 290 g/mol. The van der Waals surface area contributed by atoms with Gasteiger partial charge in [-0.15, -0.1) is 11.3 Å².